The SMILES string of the molecule is O=C(NCCc1ncno1)N1CCCCC1. The number of hydrogen-bond donors (Lipinski definition) is 1. The molecule has 1 N–H and O–H groups in total. The van der Waals surface area contributed by atoms with Crippen molar-refractivity contribution in [2.45, 2.75) is 25.7 Å². The van der Waals surface area contributed by atoms with Crippen molar-refractivity contribution in [2.24, 2.45) is 0 Å². The topological polar surface area (TPSA) is 71.3 Å². The average Bonchev–Trinajstić information content (AvgIpc) is 2.83. The second kappa shape index (κ2) is 5.48. The molecule has 1 fully saturated rings. The fourth-order valence-corrected chi connectivity index (χ4v) is 1.79. The molecule has 6 heteroatoms. The highest BCUT2D eigenvalue weighted by Crippen LogP contribution is 2.08. The van der Waals surface area contributed by atoms with Crippen LogP contribution in [-0.4, -0.2) is 40.7 Å². The molecule has 0 aromatic carbocycles. The highest BCUT2D eigenvalue weighted by molar-refractivity contribution is 5.74. The summed E-state index contributed by atoms with van der Waals surface area (Å²) in [5.74, 6) is 0.555. The zero-order chi connectivity index (χ0) is 11.2. The highest BCUT2D eigenvalue weighted by atomic mass is 16.5. The van der Waals surface area contributed by atoms with E-state index in [1.807, 2.05) is 4.90 Å². The van der Waals surface area contributed by atoms with Gasteiger partial charge in [0, 0.05) is 26.1 Å². The zero-order valence-electron chi connectivity index (χ0n) is 9.19. The standard InChI is InChI=1S/C10H16N4O2/c15-10(14-6-2-1-3-7-14)11-5-4-9-12-8-13-16-9/h8H,1-7H2,(H,11,15). The van der Waals surface area contributed by atoms with Gasteiger partial charge in [-0.1, -0.05) is 5.16 Å². The Hall–Kier alpha value is -1.59. The van der Waals surface area contributed by atoms with Crippen LogP contribution in [0.3, 0.4) is 0 Å². The first-order chi connectivity index (χ1) is 7.86. The predicted molar refractivity (Wildman–Crippen MR) is 56.8 cm³/mol. The molecule has 16 heavy (non-hydrogen) atoms. The summed E-state index contributed by atoms with van der Waals surface area (Å²) in [6.07, 6.45) is 5.39. The van der Waals surface area contributed by atoms with Gasteiger partial charge in [-0.25, -0.2) is 4.79 Å². The average molecular weight is 224 g/mol. The summed E-state index contributed by atoms with van der Waals surface area (Å²) in [6, 6.07) is 0.0132. The fraction of sp³-hybridized carbons (Fsp3) is 0.700. The minimum absolute atomic E-state index is 0.0132. The van der Waals surface area contributed by atoms with Crippen LogP contribution >= 0.6 is 0 Å². The van der Waals surface area contributed by atoms with Gasteiger partial charge in [0.15, 0.2) is 6.33 Å². The van der Waals surface area contributed by atoms with Crippen molar-refractivity contribution in [1.29, 1.82) is 0 Å². The lowest BCUT2D eigenvalue weighted by Gasteiger charge is -2.26. The summed E-state index contributed by atoms with van der Waals surface area (Å²) in [7, 11) is 0. The Morgan fingerprint density at radius 1 is 1.44 bits per heavy atom. The maximum atomic E-state index is 11.7. The number of nitrogens with one attached hydrogen (secondary N) is 1. The molecule has 1 aliphatic heterocycles. The zero-order valence-corrected chi connectivity index (χ0v) is 9.19. The van der Waals surface area contributed by atoms with Crippen LogP contribution in [0.5, 0.6) is 0 Å². The summed E-state index contributed by atoms with van der Waals surface area (Å²) < 4.78 is 4.83. The molecule has 6 nitrogen and oxygen atoms in total. The molecule has 1 saturated heterocycles. The summed E-state index contributed by atoms with van der Waals surface area (Å²) >= 11 is 0. The summed E-state index contributed by atoms with van der Waals surface area (Å²) in [6.45, 7) is 2.27. The van der Waals surface area contributed by atoms with Gasteiger partial charge in [-0.15, -0.1) is 0 Å². The Kier molecular flexibility index (Phi) is 3.74. The lowest BCUT2D eigenvalue weighted by molar-refractivity contribution is 0.186. The van der Waals surface area contributed by atoms with E-state index >= 15 is 0 Å². The Balaban J connectivity index is 1.67. The second-order valence-corrected chi connectivity index (χ2v) is 3.86. The Morgan fingerprint density at radius 2 is 2.25 bits per heavy atom. The Labute approximate surface area is 94.0 Å². The predicted octanol–water partition coefficient (Wildman–Crippen LogP) is 0.808. The van der Waals surface area contributed by atoms with E-state index in [-0.39, 0.29) is 6.03 Å². The number of piperidine rings is 1. The fourth-order valence-electron chi connectivity index (χ4n) is 1.79. The van der Waals surface area contributed by atoms with E-state index in [0.29, 0.717) is 18.9 Å². The van der Waals surface area contributed by atoms with E-state index in [4.69, 9.17) is 4.52 Å². The molecule has 1 aliphatic rings. The lowest BCUT2D eigenvalue weighted by atomic mass is 10.1. The number of rotatable bonds is 3. The molecule has 2 rings (SSSR count). The lowest BCUT2D eigenvalue weighted by Crippen LogP contribution is -2.43. The molecule has 0 atom stereocenters. The van der Waals surface area contributed by atoms with E-state index in [2.05, 4.69) is 15.5 Å². The number of nitrogens with zero attached hydrogens (tertiary/aromatic N) is 3. The first-order valence-electron chi connectivity index (χ1n) is 5.64. The van der Waals surface area contributed by atoms with E-state index in [0.717, 1.165) is 25.9 Å². The number of amides is 2. The summed E-state index contributed by atoms with van der Waals surface area (Å²) in [4.78, 5) is 17.4. The van der Waals surface area contributed by atoms with Crippen LogP contribution in [-0.2, 0) is 6.42 Å². The van der Waals surface area contributed by atoms with Crippen molar-refractivity contribution in [2.75, 3.05) is 19.6 Å². The maximum Gasteiger partial charge on any atom is 0.317 e. The van der Waals surface area contributed by atoms with Crippen LogP contribution in [0.2, 0.25) is 0 Å². The first-order valence-corrected chi connectivity index (χ1v) is 5.64. The summed E-state index contributed by atoms with van der Waals surface area (Å²) in [5.41, 5.74) is 0. The maximum absolute atomic E-state index is 11.7. The third-order valence-electron chi connectivity index (χ3n) is 2.67. The van der Waals surface area contributed by atoms with Crippen LogP contribution in [0.15, 0.2) is 10.9 Å². The molecule has 0 unspecified atom stereocenters. The van der Waals surface area contributed by atoms with Crippen molar-refractivity contribution in [3.8, 4) is 0 Å². The van der Waals surface area contributed by atoms with Crippen molar-refractivity contribution in [3.63, 3.8) is 0 Å². The van der Waals surface area contributed by atoms with E-state index in [1.165, 1.54) is 12.7 Å². The quantitative estimate of drug-likeness (QED) is 0.824. The van der Waals surface area contributed by atoms with Gasteiger partial charge < -0.3 is 14.7 Å². The van der Waals surface area contributed by atoms with Crippen LogP contribution in [0.25, 0.3) is 0 Å². The molecule has 1 aromatic rings. The molecule has 0 aliphatic carbocycles. The van der Waals surface area contributed by atoms with Crippen molar-refractivity contribution < 1.29 is 9.32 Å². The van der Waals surface area contributed by atoms with Crippen LogP contribution in [0.1, 0.15) is 25.2 Å². The first kappa shape index (κ1) is 10.9. The molecule has 2 amide bonds. The minimum Gasteiger partial charge on any atom is -0.340 e. The monoisotopic (exact) mass is 224 g/mol. The van der Waals surface area contributed by atoms with E-state index < -0.39 is 0 Å². The second-order valence-electron chi connectivity index (χ2n) is 3.86. The number of aromatic nitrogens is 2. The van der Waals surface area contributed by atoms with Gasteiger partial charge in [0.1, 0.15) is 0 Å². The van der Waals surface area contributed by atoms with E-state index in [1.54, 1.807) is 0 Å². The van der Waals surface area contributed by atoms with Crippen LogP contribution in [0.4, 0.5) is 4.79 Å². The molecule has 88 valence electrons. The van der Waals surface area contributed by atoms with Gasteiger partial charge in [0.05, 0.1) is 0 Å². The van der Waals surface area contributed by atoms with Gasteiger partial charge in [0.25, 0.3) is 0 Å². The smallest absolute Gasteiger partial charge is 0.317 e. The van der Waals surface area contributed by atoms with E-state index in [9.17, 15) is 4.79 Å². The van der Waals surface area contributed by atoms with Crippen molar-refractivity contribution in [3.05, 3.63) is 12.2 Å². The van der Waals surface area contributed by atoms with Gasteiger partial charge in [-0.3, -0.25) is 0 Å². The van der Waals surface area contributed by atoms with Crippen LogP contribution in [0, 0.1) is 0 Å². The summed E-state index contributed by atoms with van der Waals surface area (Å²) in [5, 5.41) is 6.35. The molecule has 0 radical (unpaired) electrons. The molecule has 1 aromatic heterocycles. The third kappa shape index (κ3) is 2.95. The third-order valence-corrected chi connectivity index (χ3v) is 2.67. The number of hydrogen-bond acceptors (Lipinski definition) is 4. The molecular weight excluding hydrogens is 208 g/mol. The van der Waals surface area contributed by atoms with Gasteiger partial charge in [-0.2, -0.15) is 4.98 Å². The minimum atomic E-state index is 0.0132. The van der Waals surface area contributed by atoms with Gasteiger partial charge in [-0.05, 0) is 19.3 Å². The van der Waals surface area contributed by atoms with Gasteiger partial charge >= 0.3 is 6.03 Å². The molecule has 2 heterocycles. The van der Waals surface area contributed by atoms with Crippen molar-refractivity contribution >= 4 is 6.03 Å². The highest BCUT2D eigenvalue weighted by Gasteiger charge is 2.15. The molecular formula is C10H16N4O2. The number of urea groups is 1. The van der Waals surface area contributed by atoms with Crippen molar-refractivity contribution in [1.82, 2.24) is 20.4 Å². The van der Waals surface area contributed by atoms with Gasteiger partial charge in [0.2, 0.25) is 5.89 Å². The largest absolute Gasteiger partial charge is 0.340 e. The Morgan fingerprint density at radius 3 is 2.94 bits per heavy atom. The Bertz CT molecular complexity index is 320. The molecule has 0 spiro atoms. The molecule has 0 bridgehead atoms. The number of carbonyl (C=O) groups excluding carboxylic acids is 1. The number of carbonyl (C=O) groups is 1. The molecule has 0 saturated carbocycles. The van der Waals surface area contributed by atoms with Crippen LogP contribution < -0.4 is 5.32 Å². The number of likely N-dealkylation sites (tertiary alicyclic amines) is 1. The normalized spacial score (nSPS) is 16.1.